The Labute approximate surface area is 106 Å². The van der Waals surface area contributed by atoms with Crippen LogP contribution in [0, 0.1) is 0 Å². The molecular formula is C12H14ClNOS. The second-order valence-electron chi connectivity index (χ2n) is 3.93. The van der Waals surface area contributed by atoms with Crippen LogP contribution in [0.3, 0.4) is 0 Å². The second kappa shape index (κ2) is 5.11. The van der Waals surface area contributed by atoms with E-state index in [9.17, 15) is 4.79 Å². The van der Waals surface area contributed by atoms with Crippen LogP contribution in [-0.4, -0.2) is 18.2 Å². The first-order chi connectivity index (χ1) is 7.72. The van der Waals surface area contributed by atoms with Crippen LogP contribution in [0.2, 0.25) is 5.02 Å². The number of thiol groups is 1. The van der Waals surface area contributed by atoms with Crippen molar-refractivity contribution in [2.45, 2.75) is 19.3 Å². The Morgan fingerprint density at radius 2 is 2.19 bits per heavy atom. The maximum absolute atomic E-state index is 11.8. The van der Waals surface area contributed by atoms with Crippen LogP contribution in [0.5, 0.6) is 0 Å². The van der Waals surface area contributed by atoms with E-state index >= 15 is 0 Å². The van der Waals surface area contributed by atoms with Crippen LogP contribution in [0.25, 0.3) is 0 Å². The minimum Gasteiger partial charge on any atom is -0.312 e. The number of unbranched alkanes of at least 4 members (excludes halogenated alkanes) is 1. The van der Waals surface area contributed by atoms with Gasteiger partial charge >= 0.3 is 0 Å². The van der Waals surface area contributed by atoms with Crippen LogP contribution in [0.1, 0.15) is 18.4 Å². The molecule has 0 N–H and O–H groups in total. The molecule has 2 rings (SSSR count). The van der Waals surface area contributed by atoms with Gasteiger partial charge in [0.05, 0.1) is 6.42 Å². The molecule has 1 aromatic carbocycles. The molecule has 0 radical (unpaired) electrons. The molecule has 1 amide bonds. The molecule has 0 aromatic heterocycles. The first kappa shape index (κ1) is 11.8. The monoisotopic (exact) mass is 255 g/mol. The first-order valence-electron chi connectivity index (χ1n) is 5.42. The minimum atomic E-state index is 0.177. The molecule has 86 valence electrons. The van der Waals surface area contributed by atoms with Crippen molar-refractivity contribution in [2.24, 2.45) is 0 Å². The normalized spacial score (nSPS) is 14.4. The number of nitrogens with zero attached hydrogens (tertiary/aromatic N) is 1. The predicted octanol–water partition coefficient (Wildman–Crippen LogP) is 2.94. The summed E-state index contributed by atoms with van der Waals surface area (Å²) in [6.45, 7) is 0.771. The Kier molecular flexibility index (Phi) is 3.77. The average Bonchev–Trinajstić information content (AvgIpc) is 2.56. The lowest BCUT2D eigenvalue weighted by Crippen LogP contribution is -2.27. The van der Waals surface area contributed by atoms with Gasteiger partial charge in [-0.1, -0.05) is 17.7 Å². The van der Waals surface area contributed by atoms with Gasteiger partial charge in [-0.3, -0.25) is 4.79 Å². The number of carbonyl (C=O) groups excluding carboxylic acids is 1. The third-order valence-electron chi connectivity index (χ3n) is 2.77. The van der Waals surface area contributed by atoms with Gasteiger partial charge in [-0.15, -0.1) is 0 Å². The first-order valence-corrected chi connectivity index (χ1v) is 6.43. The lowest BCUT2D eigenvalue weighted by molar-refractivity contribution is -0.117. The number of benzene rings is 1. The largest absolute Gasteiger partial charge is 0.312 e. The Morgan fingerprint density at radius 1 is 1.38 bits per heavy atom. The van der Waals surface area contributed by atoms with Crippen molar-refractivity contribution in [2.75, 3.05) is 17.2 Å². The number of hydrogen-bond acceptors (Lipinski definition) is 2. The summed E-state index contributed by atoms with van der Waals surface area (Å²) in [4.78, 5) is 13.6. The molecule has 0 bridgehead atoms. The fourth-order valence-corrected chi connectivity index (χ4v) is 2.35. The van der Waals surface area contributed by atoms with Crippen LogP contribution in [0.4, 0.5) is 5.69 Å². The highest BCUT2D eigenvalue weighted by Crippen LogP contribution is 2.31. The van der Waals surface area contributed by atoms with E-state index in [0.717, 1.165) is 36.4 Å². The van der Waals surface area contributed by atoms with Crippen LogP contribution < -0.4 is 4.90 Å². The van der Waals surface area contributed by atoms with E-state index in [0.29, 0.717) is 11.4 Å². The Balaban J connectivity index is 2.15. The number of halogens is 1. The van der Waals surface area contributed by atoms with Crippen LogP contribution >= 0.6 is 24.2 Å². The van der Waals surface area contributed by atoms with Crippen molar-refractivity contribution < 1.29 is 4.79 Å². The zero-order valence-electron chi connectivity index (χ0n) is 8.95. The molecule has 2 nitrogen and oxygen atoms in total. The quantitative estimate of drug-likeness (QED) is 0.648. The molecule has 16 heavy (non-hydrogen) atoms. The molecule has 0 atom stereocenters. The molecule has 4 heteroatoms. The van der Waals surface area contributed by atoms with Gasteiger partial charge in [0.2, 0.25) is 5.91 Å². The van der Waals surface area contributed by atoms with Crippen molar-refractivity contribution in [1.29, 1.82) is 0 Å². The standard InChI is InChI=1S/C12H14ClNOS/c13-10-4-3-9-7-12(15)14(11(9)8-10)5-1-2-6-16/h3-4,8,16H,1-2,5-7H2. The lowest BCUT2D eigenvalue weighted by atomic mass is 10.2. The van der Waals surface area contributed by atoms with Crippen LogP contribution in [0.15, 0.2) is 18.2 Å². The molecular weight excluding hydrogens is 242 g/mol. The van der Waals surface area contributed by atoms with E-state index in [-0.39, 0.29) is 5.91 Å². The molecule has 0 fully saturated rings. The van der Waals surface area contributed by atoms with Gasteiger partial charge in [0.25, 0.3) is 0 Å². The van der Waals surface area contributed by atoms with E-state index in [1.807, 2.05) is 23.1 Å². The second-order valence-corrected chi connectivity index (χ2v) is 4.81. The highest BCUT2D eigenvalue weighted by molar-refractivity contribution is 7.80. The number of carbonyl (C=O) groups is 1. The smallest absolute Gasteiger partial charge is 0.231 e. The third kappa shape index (κ3) is 2.36. The van der Waals surface area contributed by atoms with E-state index in [1.165, 1.54) is 0 Å². The van der Waals surface area contributed by atoms with Crippen molar-refractivity contribution in [3.8, 4) is 0 Å². The zero-order valence-corrected chi connectivity index (χ0v) is 10.6. The summed E-state index contributed by atoms with van der Waals surface area (Å²) in [7, 11) is 0. The number of rotatable bonds is 4. The highest BCUT2D eigenvalue weighted by Gasteiger charge is 2.26. The van der Waals surface area contributed by atoms with Gasteiger partial charge in [-0.2, -0.15) is 12.6 Å². The van der Waals surface area contributed by atoms with E-state index in [2.05, 4.69) is 12.6 Å². The van der Waals surface area contributed by atoms with Gasteiger partial charge in [0.15, 0.2) is 0 Å². The van der Waals surface area contributed by atoms with Gasteiger partial charge in [0, 0.05) is 17.3 Å². The lowest BCUT2D eigenvalue weighted by Gasteiger charge is -2.17. The van der Waals surface area contributed by atoms with Gasteiger partial charge in [-0.05, 0) is 36.3 Å². The minimum absolute atomic E-state index is 0.177. The van der Waals surface area contributed by atoms with Gasteiger partial charge in [0.1, 0.15) is 0 Å². The molecule has 0 unspecified atom stereocenters. The van der Waals surface area contributed by atoms with Crippen molar-refractivity contribution >= 4 is 35.8 Å². The number of amides is 1. The maximum Gasteiger partial charge on any atom is 0.231 e. The molecule has 1 heterocycles. The topological polar surface area (TPSA) is 20.3 Å². The summed E-state index contributed by atoms with van der Waals surface area (Å²) in [5, 5.41) is 0.688. The molecule has 1 aliphatic rings. The predicted molar refractivity (Wildman–Crippen MR) is 70.6 cm³/mol. The molecule has 0 aliphatic carbocycles. The summed E-state index contributed by atoms with van der Waals surface area (Å²) < 4.78 is 0. The van der Waals surface area contributed by atoms with Crippen molar-refractivity contribution in [3.05, 3.63) is 28.8 Å². The fraction of sp³-hybridized carbons (Fsp3) is 0.417. The fourth-order valence-electron chi connectivity index (χ4n) is 1.96. The highest BCUT2D eigenvalue weighted by atomic mass is 35.5. The molecule has 0 spiro atoms. The Bertz CT molecular complexity index is 408. The van der Waals surface area contributed by atoms with E-state index in [1.54, 1.807) is 0 Å². The molecule has 0 saturated heterocycles. The third-order valence-corrected chi connectivity index (χ3v) is 3.32. The van der Waals surface area contributed by atoms with Gasteiger partial charge < -0.3 is 4.90 Å². The van der Waals surface area contributed by atoms with E-state index < -0.39 is 0 Å². The Morgan fingerprint density at radius 3 is 2.94 bits per heavy atom. The maximum atomic E-state index is 11.8. The summed E-state index contributed by atoms with van der Waals surface area (Å²) >= 11 is 10.1. The zero-order chi connectivity index (χ0) is 11.5. The van der Waals surface area contributed by atoms with Gasteiger partial charge in [-0.25, -0.2) is 0 Å². The molecule has 1 aromatic rings. The van der Waals surface area contributed by atoms with Crippen molar-refractivity contribution in [1.82, 2.24) is 0 Å². The summed E-state index contributed by atoms with van der Waals surface area (Å²) in [6, 6.07) is 5.65. The van der Waals surface area contributed by atoms with Crippen molar-refractivity contribution in [3.63, 3.8) is 0 Å². The summed E-state index contributed by atoms with van der Waals surface area (Å²) in [5.74, 6) is 1.04. The Hall–Kier alpha value is -0.670. The summed E-state index contributed by atoms with van der Waals surface area (Å²) in [6.07, 6.45) is 2.53. The number of anilines is 1. The molecule has 0 saturated carbocycles. The summed E-state index contributed by atoms with van der Waals surface area (Å²) in [5.41, 5.74) is 2.07. The number of fused-ring (bicyclic) bond motifs is 1. The number of hydrogen-bond donors (Lipinski definition) is 1. The molecule has 1 aliphatic heterocycles. The van der Waals surface area contributed by atoms with E-state index in [4.69, 9.17) is 11.6 Å². The average molecular weight is 256 g/mol. The SMILES string of the molecule is O=C1Cc2ccc(Cl)cc2N1CCCCS. The van der Waals surface area contributed by atoms with Crippen LogP contribution in [-0.2, 0) is 11.2 Å².